The Bertz CT molecular complexity index is 1210. The monoisotopic (exact) mass is 539 g/mol. The topological polar surface area (TPSA) is 106 Å². The number of urea groups is 1. The number of carbonyl (C=O) groups excluding carboxylic acids is 3. The molecule has 37 heavy (non-hydrogen) atoms. The Labute approximate surface area is 212 Å². The summed E-state index contributed by atoms with van der Waals surface area (Å²) in [5.41, 5.74) is 0.736. The summed E-state index contributed by atoms with van der Waals surface area (Å²) in [4.78, 5) is 35.5. The average Bonchev–Trinajstić information content (AvgIpc) is 3.14. The van der Waals surface area contributed by atoms with Gasteiger partial charge in [0.1, 0.15) is 5.75 Å². The molecule has 1 saturated heterocycles. The Morgan fingerprint density at radius 3 is 2.35 bits per heavy atom. The molecule has 4 rings (SSSR count). The Balaban J connectivity index is 1.21. The predicted molar refractivity (Wildman–Crippen MR) is 127 cm³/mol. The van der Waals surface area contributed by atoms with Crippen LogP contribution in [0.4, 0.5) is 32.8 Å². The van der Waals surface area contributed by atoms with Crippen molar-refractivity contribution in [2.45, 2.75) is 44.2 Å². The lowest BCUT2D eigenvalue weighted by atomic mass is 9.93. The molecule has 2 aromatic carbocycles. The maximum Gasteiger partial charge on any atom is 0.573 e. The van der Waals surface area contributed by atoms with Gasteiger partial charge < -0.3 is 20.1 Å². The Morgan fingerprint density at radius 1 is 1.05 bits per heavy atom. The van der Waals surface area contributed by atoms with E-state index >= 15 is 0 Å². The second-order valence-electron chi connectivity index (χ2n) is 8.30. The van der Waals surface area contributed by atoms with E-state index in [1.807, 2.05) is 0 Å². The molecule has 2 aliphatic rings. The van der Waals surface area contributed by atoms with Gasteiger partial charge in [0.2, 0.25) is 0 Å². The van der Waals surface area contributed by atoms with Crippen molar-refractivity contribution >= 4 is 40.7 Å². The number of alkyl halides is 3. The van der Waals surface area contributed by atoms with E-state index in [1.165, 1.54) is 0 Å². The number of ether oxygens (including phenoxy) is 2. The van der Waals surface area contributed by atoms with Crippen molar-refractivity contribution in [3.63, 3.8) is 0 Å². The fourth-order valence-corrected chi connectivity index (χ4v) is 4.55. The summed E-state index contributed by atoms with van der Waals surface area (Å²) in [5.74, 6) is -2.01. The number of rotatable bonds is 6. The standard InChI is InChI=1S/C24H21F4N3O5S/c25-18-12-15(5-10-19(18)36-24(26,27)28)30-22(33)29-14-3-8-17(9-4-14)35-16-6-1-13(2-7-16)11-20-21(32)31-23(34)37-20/h1-2,5-7,10-12,14,17H,3-4,8-9H2,(H2,29,30,33)(H,31,32,34). The van der Waals surface area contributed by atoms with Crippen molar-refractivity contribution in [2.75, 3.05) is 5.32 Å². The first kappa shape index (κ1) is 26.3. The van der Waals surface area contributed by atoms with Crippen LogP contribution in [0.3, 0.4) is 0 Å². The van der Waals surface area contributed by atoms with Gasteiger partial charge in [0.25, 0.3) is 11.1 Å². The van der Waals surface area contributed by atoms with E-state index < -0.39 is 35.1 Å². The largest absolute Gasteiger partial charge is 0.573 e. The third-order valence-electron chi connectivity index (χ3n) is 5.55. The zero-order chi connectivity index (χ0) is 26.6. The highest BCUT2D eigenvalue weighted by Gasteiger charge is 2.32. The predicted octanol–water partition coefficient (Wildman–Crippen LogP) is 5.56. The molecule has 1 heterocycles. The highest BCUT2D eigenvalue weighted by molar-refractivity contribution is 8.18. The number of halogens is 4. The fraction of sp³-hybridized carbons (Fsp3) is 0.292. The minimum absolute atomic E-state index is 0.0145. The van der Waals surface area contributed by atoms with Crippen LogP contribution < -0.4 is 25.4 Å². The second kappa shape index (κ2) is 11.1. The van der Waals surface area contributed by atoms with Gasteiger partial charge in [-0.1, -0.05) is 12.1 Å². The highest BCUT2D eigenvalue weighted by Crippen LogP contribution is 2.29. The SMILES string of the molecule is O=C(Nc1ccc(OC(F)(F)F)c(F)c1)NC1CCC(Oc2ccc(C=C3SC(=O)NC3=O)cc2)CC1. The van der Waals surface area contributed by atoms with E-state index in [2.05, 4.69) is 20.7 Å². The summed E-state index contributed by atoms with van der Waals surface area (Å²) in [6.07, 6.45) is -0.843. The van der Waals surface area contributed by atoms with Gasteiger partial charge in [-0.3, -0.25) is 14.9 Å². The number of nitrogens with one attached hydrogen (secondary N) is 3. The van der Waals surface area contributed by atoms with Gasteiger partial charge in [0.15, 0.2) is 11.6 Å². The normalized spacial score (nSPS) is 20.9. The molecule has 3 N–H and O–H groups in total. The summed E-state index contributed by atoms with van der Waals surface area (Å²) >= 11 is 0.845. The Kier molecular flexibility index (Phi) is 7.91. The molecule has 2 aromatic rings. The molecule has 0 atom stereocenters. The minimum atomic E-state index is -5.02. The van der Waals surface area contributed by atoms with Gasteiger partial charge >= 0.3 is 12.4 Å². The Hall–Kier alpha value is -3.74. The van der Waals surface area contributed by atoms with Crippen LogP contribution in [0.1, 0.15) is 31.2 Å². The maximum absolute atomic E-state index is 13.8. The number of thioether (sulfide) groups is 1. The number of imide groups is 1. The van der Waals surface area contributed by atoms with E-state index in [0.717, 1.165) is 35.5 Å². The van der Waals surface area contributed by atoms with E-state index in [0.29, 0.717) is 36.3 Å². The minimum Gasteiger partial charge on any atom is -0.490 e. The van der Waals surface area contributed by atoms with Crippen LogP contribution in [0.15, 0.2) is 47.4 Å². The summed E-state index contributed by atoms with van der Waals surface area (Å²) in [6.45, 7) is 0. The lowest BCUT2D eigenvalue weighted by Gasteiger charge is -2.29. The molecular formula is C24H21F4N3O5S. The zero-order valence-corrected chi connectivity index (χ0v) is 19.9. The van der Waals surface area contributed by atoms with Gasteiger partial charge in [-0.15, -0.1) is 13.2 Å². The first-order valence-corrected chi connectivity index (χ1v) is 12.0. The smallest absolute Gasteiger partial charge is 0.490 e. The quantitative estimate of drug-likeness (QED) is 0.328. The molecule has 0 radical (unpaired) electrons. The van der Waals surface area contributed by atoms with Gasteiger partial charge in [-0.2, -0.15) is 0 Å². The maximum atomic E-state index is 13.8. The first-order chi connectivity index (χ1) is 17.5. The van der Waals surface area contributed by atoms with E-state index in [4.69, 9.17) is 4.74 Å². The third-order valence-corrected chi connectivity index (χ3v) is 6.36. The van der Waals surface area contributed by atoms with E-state index in [9.17, 15) is 31.9 Å². The molecule has 1 aliphatic carbocycles. The second-order valence-corrected chi connectivity index (χ2v) is 9.32. The van der Waals surface area contributed by atoms with Gasteiger partial charge in [-0.05, 0) is 73.4 Å². The van der Waals surface area contributed by atoms with Crippen LogP contribution in [0.25, 0.3) is 6.08 Å². The van der Waals surface area contributed by atoms with Crippen LogP contribution in [0.5, 0.6) is 11.5 Å². The summed E-state index contributed by atoms with van der Waals surface area (Å²) in [5, 5.41) is 6.96. The summed E-state index contributed by atoms with van der Waals surface area (Å²) in [6, 6.07) is 8.99. The van der Waals surface area contributed by atoms with Crippen LogP contribution in [0.2, 0.25) is 0 Å². The van der Waals surface area contributed by atoms with Crippen molar-refractivity contribution in [3.05, 3.63) is 58.8 Å². The van der Waals surface area contributed by atoms with Crippen LogP contribution in [0, 0.1) is 5.82 Å². The van der Waals surface area contributed by atoms with Crippen molar-refractivity contribution in [1.82, 2.24) is 10.6 Å². The molecule has 0 bridgehead atoms. The van der Waals surface area contributed by atoms with Gasteiger partial charge in [0, 0.05) is 17.8 Å². The van der Waals surface area contributed by atoms with Crippen LogP contribution in [-0.2, 0) is 4.79 Å². The van der Waals surface area contributed by atoms with Crippen molar-refractivity contribution in [1.29, 1.82) is 0 Å². The molecule has 8 nitrogen and oxygen atoms in total. The van der Waals surface area contributed by atoms with Gasteiger partial charge in [0.05, 0.1) is 11.0 Å². The molecule has 13 heteroatoms. The molecule has 196 valence electrons. The molecule has 0 unspecified atom stereocenters. The molecule has 1 aliphatic heterocycles. The number of amides is 4. The van der Waals surface area contributed by atoms with Crippen molar-refractivity contribution in [3.8, 4) is 11.5 Å². The average molecular weight is 540 g/mol. The lowest BCUT2D eigenvalue weighted by Crippen LogP contribution is -2.41. The third kappa shape index (κ3) is 7.62. The molecular weight excluding hydrogens is 518 g/mol. The summed E-state index contributed by atoms with van der Waals surface area (Å²) < 4.78 is 60.1. The molecule has 2 fully saturated rings. The molecule has 0 aromatic heterocycles. The summed E-state index contributed by atoms with van der Waals surface area (Å²) in [7, 11) is 0. The number of hydrogen-bond acceptors (Lipinski definition) is 6. The molecule has 4 amide bonds. The van der Waals surface area contributed by atoms with Crippen LogP contribution >= 0.6 is 11.8 Å². The van der Waals surface area contributed by atoms with Crippen molar-refractivity contribution < 1.29 is 41.4 Å². The van der Waals surface area contributed by atoms with Gasteiger partial charge in [-0.25, -0.2) is 9.18 Å². The molecule has 1 saturated carbocycles. The van der Waals surface area contributed by atoms with E-state index in [1.54, 1.807) is 30.3 Å². The van der Waals surface area contributed by atoms with Crippen molar-refractivity contribution in [2.24, 2.45) is 0 Å². The zero-order valence-electron chi connectivity index (χ0n) is 19.1. The Morgan fingerprint density at radius 2 is 1.76 bits per heavy atom. The first-order valence-electron chi connectivity index (χ1n) is 11.2. The fourth-order valence-electron chi connectivity index (χ4n) is 3.87. The number of benzene rings is 2. The lowest BCUT2D eigenvalue weighted by molar-refractivity contribution is -0.275. The molecule has 0 spiro atoms. The number of hydrogen-bond donors (Lipinski definition) is 3. The number of anilines is 1. The highest BCUT2D eigenvalue weighted by atomic mass is 32.2. The van der Waals surface area contributed by atoms with Crippen LogP contribution in [-0.4, -0.2) is 35.7 Å². The van der Waals surface area contributed by atoms with E-state index in [-0.39, 0.29) is 17.8 Å². The number of carbonyl (C=O) groups is 3.